The van der Waals surface area contributed by atoms with E-state index in [1.165, 1.54) is 17.1 Å². The van der Waals surface area contributed by atoms with E-state index < -0.39 is 17.1 Å². The summed E-state index contributed by atoms with van der Waals surface area (Å²) in [6.07, 6.45) is 2.90. The number of nitrogens with zero attached hydrogens (tertiary/aromatic N) is 2. The van der Waals surface area contributed by atoms with Crippen LogP contribution in [0.5, 0.6) is 0 Å². The Morgan fingerprint density at radius 2 is 1.79 bits per heavy atom. The second-order valence-corrected chi connectivity index (χ2v) is 7.39. The van der Waals surface area contributed by atoms with E-state index in [1.807, 2.05) is 12.2 Å². The number of carbonyl (C=O) groups is 2. The number of nitro benzene ring substituents is 1. The Bertz CT molecular complexity index is 760. The molecule has 2 rings (SSSR count). The minimum atomic E-state index is -0.735. The normalized spacial score (nSPS) is 18.0. The van der Waals surface area contributed by atoms with E-state index in [1.54, 1.807) is 39.8 Å². The third kappa shape index (κ3) is 6.48. The molecule has 0 aromatic heterocycles. The first-order chi connectivity index (χ1) is 13.7. The average molecular weight is 405 g/mol. The lowest BCUT2D eigenvalue weighted by Crippen LogP contribution is -2.54. The third-order valence-corrected chi connectivity index (χ3v) is 4.29. The Hall–Kier alpha value is -3.10. The predicted octanol–water partition coefficient (Wildman–Crippen LogP) is 3.98. The highest BCUT2D eigenvalue weighted by Gasteiger charge is 2.35. The molecule has 9 nitrogen and oxygen atoms in total. The molecule has 9 heteroatoms. The molecule has 1 aliphatic rings. The van der Waals surface area contributed by atoms with E-state index in [4.69, 9.17) is 9.47 Å². The largest absolute Gasteiger partial charge is 0.446 e. The van der Waals surface area contributed by atoms with Gasteiger partial charge < -0.3 is 9.47 Å². The lowest BCUT2D eigenvalue weighted by Gasteiger charge is -2.32. The molecule has 0 bridgehead atoms. The van der Waals surface area contributed by atoms with E-state index in [-0.39, 0.29) is 29.9 Å². The second-order valence-electron chi connectivity index (χ2n) is 7.39. The standard InChI is InChI=1S/C20H27N3O6/c1-13(2)28-19(24)21-22(20(25)29-14(3)4)18-7-5-6-16(18)12-15-8-10-17(11-9-15)23(26)27/h5-6,8-11,13-14,16,18H,7,12H2,1-4H3,(H,21,24)/t16-,18+/m1/s1. The van der Waals surface area contributed by atoms with Crippen molar-refractivity contribution in [1.82, 2.24) is 10.4 Å². The monoisotopic (exact) mass is 405 g/mol. The van der Waals surface area contributed by atoms with Crippen molar-refractivity contribution in [3.8, 4) is 0 Å². The first kappa shape index (κ1) is 22.2. The van der Waals surface area contributed by atoms with E-state index >= 15 is 0 Å². The fourth-order valence-corrected chi connectivity index (χ4v) is 3.08. The van der Waals surface area contributed by atoms with Crippen LogP contribution >= 0.6 is 0 Å². The van der Waals surface area contributed by atoms with Crippen molar-refractivity contribution >= 4 is 17.9 Å². The van der Waals surface area contributed by atoms with Crippen molar-refractivity contribution in [2.45, 2.75) is 58.8 Å². The van der Waals surface area contributed by atoms with Gasteiger partial charge in [-0.1, -0.05) is 24.3 Å². The number of ether oxygens (including phenoxy) is 2. The third-order valence-electron chi connectivity index (χ3n) is 4.29. The molecular formula is C20H27N3O6. The Morgan fingerprint density at radius 3 is 2.34 bits per heavy atom. The van der Waals surface area contributed by atoms with Gasteiger partial charge in [-0.05, 0) is 46.1 Å². The summed E-state index contributed by atoms with van der Waals surface area (Å²) in [4.78, 5) is 35.1. The van der Waals surface area contributed by atoms with Gasteiger partial charge in [0, 0.05) is 18.1 Å². The molecule has 158 valence electrons. The van der Waals surface area contributed by atoms with Gasteiger partial charge in [-0.2, -0.15) is 0 Å². The number of nitrogens with one attached hydrogen (secondary N) is 1. The van der Waals surface area contributed by atoms with Gasteiger partial charge in [0.25, 0.3) is 5.69 Å². The number of amides is 2. The number of hydrogen-bond acceptors (Lipinski definition) is 6. The lowest BCUT2D eigenvalue weighted by molar-refractivity contribution is -0.384. The highest BCUT2D eigenvalue weighted by Crippen LogP contribution is 2.28. The molecule has 2 atom stereocenters. The predicted molar refractivity (Wildman–Crippen MR) is 106 cm³/mol. The molecule has 1 aromatic carbocycles. The highest BCUT2D eigenvalue weighted by atomic mass is 16.6. The zero-order chi connectivity index (χ0) is 21.6. The first-order valence-electron chi connectivity index (χ1n) is 9.54. The van der Waals surface area contributed by atoms with E-state index in [9.17, 15) is 19.7 Å². The van der Waals surface area contributed by atoms with Gasteiger partial charge in [-0.25, -0.2) is 20.0 Å². The van der Waals surface area contributed by atoms with Crippen LogP contribution in [0.2, 0.25) is 0 Å². The Kier molecular flexibility index (Phi) is 7.58. The van der Waals surface area contributed by atoms with Gasteiger partial charge in [-0.15, -0.1) is 0 Å². The number of hydrazine groups is 1. The van der Waals surface area contributed by atoms with Crippen molar-refractivity contribution in [2.24, 2.45) is 5.92 Å². The van der Waals surface area contributed by atoms with Gasteiger partial charge in [0.1, 0.15) is 0 Å². The van der Waals surface area contributed by atoms with Crippen molar-refractivity contribution < 1.29 is 24.0 Å². The Balaban J connectivity index is 2.16. The summed E-state index contributed by atoms with van der Waals surface area (Å²) in [7, 11) is 0. The van der Waals surface area contributed by atoms with E-state index in [0.717, 1.165) is 5.56 Å². The van der Waals surface area contributed by atoms with Gasteiger partial charge in [0.2, 0.25) is 0 Å². The summed E-state index contributed by atoms with van der Waals surface area (Å²) in [5.41, 5.74) is 3.41. The van der Waals surface area contributed by atoms with Crippen LogP contribution in [0.1, 0.15) is 39.7 Å². The number of non-ortho nitro benzene ring substituents is 1. The Morgan fingerprint density at radius 1 is 1.17 bits per heavy atom. The fourth-order valence-electron chi connectivity index (χ4n) is 3.08. The average Bonchev–Trinajstić information content (AvgIpc) is 3.06. The van der Waals surface area contributed by atoms with Gasteiger partial charge in [0.15, 0.2) is 0 Å². The summed E-state index contributed by atoms with van der Waals surface area (Å²) in [6, 6.07) is 5.92. The number of rotatable bonds is 6. The molecular weight excluding hydrogens is 378 g/mol. The van der Waals surface area contributed by atoms with Crippen LogP contribution in [-0.4, -0.2) is 40.4 Å². The molecule has 0 heterocycles. The molecule has 1 aliphatic carbocycles. The summed E-state index contributed by atoms with van der Waals surface area (Å²) in [6.45, 7) is 6.88. The van der Waals surface area contributed by atoms with Crippen molar-refractivity contribution in [3.05, 3.63) is 52.1 Å². The fraction of sp³-hybridized carbons (Fsp3) is 0.500. The number of nitro groups is 1. The van der Waals surface area contributed by atoms with Crippen LogP contribution < -0.4 is 5.43 Å². The zero-order valence-corrected chi connectivity index (χ0v) is 17.0. The molecule has 0 unspecified atom stereocenters. The van der Waals surface area contributed by atoms with E-state index in [0.29, 0.717) is 12.8 Å². The summed E-state index contributed by atoms with van der Waals surface area (Å²) in [5, 5.41) is 12.0. The van der Waals surface area contributed by atoms with Crippen LogP contribution in [0.15, 0.2) is 36.4 Å². The van der Waals surface area contributed by atoms with Gasteiger partial charge in [-0.3, -0.25) is 10.1 Å². The molecule has 0 spiro atoms. The molecule has 1 N–H and O–H groups in total. The SMILES string of the molecule is CC(C)OC(=O)NN(C(=O)OC(C)C)[C@H]1CC=C[C@@H]1Cc1ccc([N+](=O)[O-])cc1. The van der Waals surface area contributed by atoms with Gasteiger partial charge >= 0.3 is 12.2 Å². The maximum Gasteiger partial charge on any atom is 0.429 e. The van der Waals surface area contributed by atoms with E-state index in [2.05, 4.69) is 5.43 Å². The smallest absolute Gasteiger partial charge is 0.429 e. The van der Waals surface area contributed by atoms with Crippen molar-refractivity contribution in [2.75, 3.05) is 0 Å². The maximum absolute atomic E-state index is 12.6. The minimum Gasteiger partial charge on any atom is -0.446 e. The topological polar surface area (TPSA) is 111 Å². The molecule has 2 amide bonds. The second kappa shape index (κ2) is 9.90. The molecule has 0 radical (unpaired) electrons. The summed E-state index contributed by atoms with van der Waals surface area (Å²) >= 11 is 0. The van der Waals surface area contributed by atoms with Crippen LogP contribution in [0, 0.1) is 16.0 Å². The zero-order valence-electron chi connectivity index (χ0n) is 17.0. The van der Waals surface area contributed by atoms with Crippen molar-refractivity contribution in [3.63, 3.8) is 0 Å². The van der Waals surface area contributed by atoms with Gasteiger partial charge in [0.05, 0.1) is 23.2 Å². The molecule has 0 saturated heterocycles. The Labute approximate surface area is 169 Å². The number of carbonyl (C=O) groups excluding carboxylic acids is 2. The quantitative estimate of drug-likeness (QED) is 0.435. The molecule has 0 saturated carbocycles. The van der Waals surface area contributed by atoms with Crippen LogP contribution in [0.25, 0.3) is 0 Å². The number of hydrogen-bond donors (Lipinski definition) is 1. The number of benzene rings is 1. The minimum absolute atomic E-state index is 0.0208. The molecule has 29 heavy (non-hydrogen) atoms. The molecule has 1 aromatic rings. The van der Waals surface area contributed by atoms with Crippen molar-refractivity contribution in [1.29, 1.82) is 0 Å². The summed E-state index contributed by atoms with van der Waals surface area (Å²) < 4.78 is 10.4. The maximum atomic E-state index is 12.6. The van der Waals surface area contributed by atoms with Crippen LogP contribution in [-0.2, 0) is 15.9 Å². The molecule has 0 aliphatic heterocycles. The van der Waals surface area contributed by atoms with Crippen LogP contribution in [0.3, 0.4) is 0 Å². The highest BCUT2D eigenvalue weighted by molar-refractivity contribution is 5.74. The molecule has 0 fully saturated rings. The first-order valence-corrected chi connectivity index (χ1v) is 9.54. The lowest BCUT2D eigenvalue weighted by atomic mass is 9.94. The summed E-state index contributed by atoms with van der Waals surface area (Å²) in [5.74, 6) is -0.101. The van der Waals surface area contributed by atoms with Crippen LogP contribution in [0.4, 0.5) is 15.3 Å².